The molecule has 196 valence electrons. The standard InChI is InChI=1S/C24H12Cl2F5N3O4/c1-10-14(24(35)33(32-10)22-20(30)18(28)17(27)19(29)21(22)31)6-12-7-15(25)23(16(26)8-12)38-9-11-3-2-4-13(5-11)34(36)37/h2-8H,9H2,1H3/b14-6+. The third kappa shape index (κ3) is 4.92. The van der Waals surface area contributed by atoms with E-state index in [4.69, 9.17) is 27.9 Å². The van der Waals surface area contributed by atoms with Crippen LogP contribution in [0.2, 0.25) is 10.0 Å². The van der Waals surface area contributed by atoms with E-state index in [2.05, 4.69) is 5.10 Å². The smallest absolute Gasteiger partial charge is 0.280 e. The highest BCUT2D eigenvalue weighted by Crippen LogP contribution is 2.37. The van der Waals surface area contributed by atoms with Crippen molar-refractivity contribution in [3.63, 3.8) is 0 Å². The zero-order valence-electron chi connectivity index (χ0n) is 18.9. The van der Waals surface area contributed by atoms with Crippen molar-refractivity contribution in [2.24, 2.45) is 5.10 Å². The number of hydrogen-bond acceptors (Lipinski definition) is 5. The molecule has 1 aliphatic heterocycles. The maximum atomic E-state index is 14.2. The van der Waals surface area contributed by atoms with Crippen LogP contribution in [0.5, 0.6) is 5.75 Å². The molecule has 1 amide bonds. The van der Waals surface area contributed by atoms with Crippen LogP contribution in [0.4, 0.5) is 33.3 Å². The van der Waals surface area contributed by atoms with Crippen LogP contribution in [0.3, 0.4) is 0 Å². The molecule has 7 nitrogen and oxygen atoms in total. The number of amides is 1. The fraction of sp³-hybridized carbons (Fsp3) is 0.0833. The second kappa shape index (κ2) is 10.4. The number of nitro benzene ring substituents is 1. The number of hydrazone groups is 1. The predicted octanol–water partition coefficient (Wildman–Crippen LogP) is 6.98. The topological polar surface area (TPSA) is 85.0 Å². The molecule has 3 aromatic rings. The van der Waals surface area contributed by atoms with Crippen molar-refractivity contribution >= 4 is 52.3 Å². The molecule has 0 fully saturated rings. The summed E-state index contributed by atoms with van der Waals surface area (Å²) in [5, 5.41) is 14.7. The van der Waals surface area contributed by atoms with Gasteiger partial charge < -0.3 is 4.74 Å². The summed E-state index contributed by atoms with van der Waals surface area (Å²) in [4.78, 5) is 23.2. The lowest BCUT2D eigenvalue weighted by molar-refractivity contribution is -0.384. The fourth-order valence-electron chi connectivity index (χ4n) is 3.50. The first kappa shape index (κ1) is 27.0. The van der Waals surface area contributed by atoms with Crippen LogP contribution in [0.25, 0.3) is 6.08 Å². The zero-order valence-corrected chi connectivity index (χ0v) is 20.4. The molecule has 0 aliphatic carbocycles. The Morgan fingerprint density at radius 3 is 2.16 bits per heavy atom. The molecule has 4 rings (SSSR count). The second-order valence-corrected chi connectivity index (χ2v) is 8.62. The van der Waals surface area contributed by atoms with Crippen molar-refractivity contribution < 1.29 is 36.4 Å². The molecule has 1 heterocycles. The number of nitro groups is 1. The van der Waals surface area contributed by atoms with Crippen LogP contribution in [-0.2, 0) is 11.4 Å². The van der Waals surface area contributed by atoms with Gasteiger partial charge in [0.1, 0.15) is 12.3 Å². The summed E-state index contributed by atoms with van der Waals surface area (Å²) in [5.74, 6) is -12.4. The Hall–Kier alpha value is -4.03. The van der Waals surface area contributed by atoms with E-state index >= 15 is 0 Å². The highest BCUT2D eigenvalue weighted by Gasteiger charge is 2.37. The first-order valence-corrected chi connectivity index (χ1v) is 11.1. The number of carbonyl (C=O) groups is 1. The predicted molar refractivity (Wildman–Crippen MR) is 129 cm³/mol. The summed E-state index contributed by atoms with van der Waals surface area (Å²) < 4.78 is 74.7. The summed E-state index contributed by atoms with van der Waals surface area (Å²) in [6.07, 6.45) is 1.20. The van der Waals surface area contributed by atoms with Crippen LogP contribution in [0, 0.1) is 39.2 Å². The van der Waals surface area contributed by atoms with E-state index in [0.29, 0.717) is 5.56 Å². The van der Waals surface area contributed by atoms with E-state index < -0.39 is 45.6 Å². The van der Waals surface area contributed by atoms with Gasteiger partial charge in [-0.25, -0.2) is 22.0 Å². The molecule has 0 atom stereocenters. The normalized spacial score (nSPS) is 14.3. The molecule has 1 aliphatic rings. The van der Waals surface area contributed by atoms with Crippen LogP contribution in [0.15, 0.2) is 47.1 Å². The van der Waals surface area contributed by atoms with Gasteiger partial charge in [0.2, 0.25) is 5.82 Å². The van der Waals surface area contributed by atoms with Gasteiger partial charge in [0.05, 0.1) is 26.3 Å². The lowest BCUT2D eigenvalue weighted by Crippen LogP contribution is -2.25. The van der Waals surface area contributed by atoms with Crippen LogP contribution in [-0.4, -0.2) is 16.5 Å². The van der Waals surface area contributed by atoms with Gasteiger partial charge in [-0.05, 0) is 36.3 Å². The zero-order chi connectivity index (χ0) is 27.9. The molecule has 0 bridgehead atoms. The van der Waals surface area contributed by atoms with Crippen LogP contribution in [0.1, 0.15) is 18.1 Å². The molecule has 0 N–H and O–H groups in total. The average Bonchev–Trinajstić information content (AvgIpc) is 3.14. The van der Waals surface area contributed by atoms with Crippen molar-refractivity contribution in [1.82, 2.24) is 0 Å². The number of hydrogen-bond donors (Lipinski definition) is 0. The minimum absolute atomic E-state index is 0.00793. The summed E-state index contributed by atoms with van der Waals surface area (Å²) in [6, 6.07) is 8.37. The Labute approximate surface area is 220 Å². The SMILES string of the molecule is CC1=NN(c2c(F)c(F)c(F)c(F)c2F)C(=O)/C1=C/c1cc(Cl)c(OCc2cccc([N+](=O)[O-])c2)c(Cl)c1. The Morgan fingerprint density at radius 1 is 1.00 bits per heavy atom. The molecule has 0 radical (unpaired) electrons. The minimum atomic E-state index is -2.37. The molecule has 14 heteroatoms. The first-order valence-electron chi connectivity index (χ1n) is 10.4. The van der Waals surface area contributed by atoms with Gasteiger partial charge >= 0.3 is 0 Å². The maximum absolute atomic E-state index is 14.2. The Bertz CT molecular complexity index is 1530. The minimum Gasteiger partial charge on any atom is -0.486 e. The van der Waals surface area contributed by atoms with Crippen molar-refractivity contribution in [2.75, 3.05) is 5.01 Å². The highest BCUT2D eigenvalue weighted by molar-refractivity contribution is 6.37. The highest BCUT2D eigenvalue weighted by atomic mass is 35.5. The van der Waals surface area contributed by atoms with Crippen molar-refractivity contribution in [3.8, 4) is 5.75 Å². The van der Waals surface area contributed by atoms with E-state index in [1.807, 2.05) is 0 Å². The third-order valence-electron chi connectivity index (χ3n) is 5.30. The Morgan fingerprint density at radius 2 is 1.58 bits per heavy atom. The van der Waals surface area contributed by atoms with Gasteiger partial charge in [0, 0.05) is 12.1 Å². The van der Waals surface area contributed by atoms with Crippen LogP contribution >= 0.6 is 23.2 Å². The van der Waals surface area contributed by atoms with Gasteiger partial charge in [-0.1, -0.05) is 35.3 Å². The quantitative estimate of drug-likeness (QED) is 0.0797. The lowest BCUT2D eigenvalue weighted by Gasteiger charge is -2.15. The van der Waals surface area contributed by atoms with Crippen molar-refractivity contribution in [1.29, 1.82) is 0 Å². The molecule has 0 spiro atoms. The molecule has 0 aromatic heterocycles. The number of ether oxygens (including phenoxy) is 1. The first-order chi connectivity index (χ1) is 17.9. The average molecular weight is 572 g/mol. The van der Waals surface area contributed by atoms with E-state index in [0.717, 1.165) is 0 Å². The number of halogens is 7. The Balaban J connectivity index is 1.61. The van der Waals surface area contributed by atoms with E-state index in [-0.39, 0.29) is 49.9 Å². The maximum Gasteiger partial charge on any atom is 0.280 e. The van der Waals surface area contributed by atoms with Crippen LogP contribution < -0.4 is 9.75 Å². The van der Waals surface area contributed by atoms with Gasteiger partial charge in [-0.15, -0.1) is 0 Å². The van der Waals surface area contributed by atoms with Gasteiger partial charge in [0.25, 0.3) is 11.6 Å². The molecule has 0 saturated heterocycles. The fourth-order valence-corrected chi connectivity index (χ4v) is 4.11. The monoisotopic (exact) mass is 571 g/mol. The molecule has 0 saturated carbocycles. The van der Waals surface area contributed by atoms with Crippen molar-refractivity contribution in [3.05, 3.63) is 102 Å². The molecular weight excluding hydrogens is 560 g/mol. The number of nitrogens with zero attached hydrogens (tertiary/aromatic N) is 3. The lowest BCUT2D eigenvalue weighted by atomic mass is 10.1. The number of anilines is 1. The van der Waals surface area contributed by atoms with Gasteiger partial charge in [-0.2, -0.15) is 10.1 Å². The molecular formula is C24H12Cl2F5N3O4. The number of benzene rings is 3. The van der Waals surface area contributed by atoms with Gasteiger partial charge in [0.15, 0.2) is 29.0 Å². The van der Waals surface area contributed by atoms with Crippen molar-refractivity contribution in [2.45, 2.75) is 13.5 Å². The largest absolute Gasteiger partial charge is 0.486 e. The summed E-state index contributed by atoms with van der Waals surface area (Å²) in [5.41, 5.74) is -1.28. The summed E-state index contributed by atoms with van der Waals surface area (Å²) in [6.45, 7) is 1.18. The number of carbonyl (C=O) groups excluding carboxylic acids is 1. The van der Waals surface area contributed by atoms with E-state index in [1.165, 1.54) is 43.3 Å². The van der Waals surface area contributed by atoms with E-state index in [1.54, 1.807) is 6.07 Å². The summed E-state index contributed by atoms with van der Waals surface area (Å²) >= 11 is 12.5. The summed E-state index contributed by atoms with van der Waals surface area (Å²) in [7, 11) is 0. The molecule has 0 unspecified atom stereocenters. The number of non-ortho nitro benzene ring substituents is 1. The van der Waals surface area contributed by atoms with E-state index in [9.17, 15) is 36.9 Å². The second-order valence-electron chi connectivity index (χ2n) is 7.81. The number of rotatable bonds is 6. The van der Waals surface area contributed by atoms with Gasteiger partial charge in [-0.3, -0.25) is 14.9 Å². The third-order valence-corrected chi connectivity index (χ3v) is 5.86. The molecule has 3 aromatic carbocycles. The Kier molecular flexibility index (Phi) is 7.38. The molecule has 38 heavy (non-hydrogen) atoms.